The Hall–Kier alpha value is -3.58. The zero-order chi connectivity index (χ0) is 23.1. The zero-order valence-electron chi connectivity index (χ0n) is 19.2. The average molecular weight is 443 g/mol. The van der Waals surface area contributed by atoms with Crippen molar-refractivity contribution < 1.29 is 4.79 Å². The van der Waals surface area contributed by atoms with Crippen LogP contribution in [0.2, 0.25) is 0 Å². The Morgan fingerprint density at radius 3 is 2.70 bits per heavy atom. The molecule has 5 N–H and O–H groups in total. The molecule has 0 unspecified atom stereocenters. The van der Waals surface area contributed by atoms with Crippen molar-refractivity contribution in [3.05, 3.63) is 64.8 Å². The third-order valence-electron chi connectivity index (χ3n) is 6.76. The first-order valence-corrected chi connectivity index (χ1v) is 11.6. The van der Waals surface area contributed by atoms with Crippen LogP contribution in [-0.4, -0.2) is 33.4 Å². The summed E-state index contributed by atoms with van der Waals surface area (Å²) in [6.07, 6.45) is 1.05. The molecule has 0 radical (unpaired) electrons. The Labute approximate surface area is 193 Å². The van der Waals surface area contributed by atoms with Gasteiger partial charge in [-0.25, -0.2) is 4.98 Å². The summed E-state index contributed by atoms with van der Waals surface area (Å²) in [7, 11) is 0. The van der Waals surface area contributed by atoms with Gasteiger partial charge in [0.25, 0.3) is 5.91 Å². The maximum atomic E-state index is 13.0. The number of nitrogens with two attached hydrogens (primary N) is 2. The lowest BCUT2D eigenvalue weighted by Gasteiger charge is -2.26. The number of nitrogens with one attached hydrogen (secondary N) is 1. The molecule has 1 aliphatic heterocycles. The summed E-state index contributed by atoms with van der Waals surface area (Å²) in [5.41, 5.74) is 17.5. The monoisotopic (exact) mass is 442 g/mol. The number of aryl methyl sites for hydroxylation is 1. The van der Waals surface area contributed by atoms with Gasteiger partial charge in [-0.1, -0.05) is 19.1 Å². The van der Waals surface area contributed by atoms with E-state index in [-0.39, 0.29) is 5.91 Å². The Morgan fingerprint density at radius 1 is 1.06 bits per heavy atom. The third kappa shape index (κ3) is 3.78. The van der Waals surface area contributed by atoms with Crippen LogP contribution in [0.3, 0.4) is 0 Å². The number of aromatic nitrogens is 2. The molecular formula is C26H30N6O. The van der Waals surface area contributed by atoms with E-state index < -0.39 is 0 Å². The second-order valence-corrected chi connectivity index (χ2v) is 8.69. The summed E-state index contributed by atoms with van der Waals surface area (Å²) in [6.45, 7) is 8.81. The molecule has 0 atom stereocenters. The van der Waals surface area contributed by atoms with E-state index in [0.29, 0.717) is 23.7 Å². The van der Waals surface area contributed by atoms with Crippen LogP contribution in [0.5, 0.6) is 0 Å². The van der Waals surface area contributed by atoms with E-state index in [2.05, 4.69) is 45.7 Å². The summed E-state index contributed by atoms with van der Waals surface area (Å²) < 4.78 is 2.40. The number of likely N-dealkylation sites (N-methyl/N-ethyl adjacent to an activating group) is 1. The van der Waals surface area contributed by atoms with E-state index in [0.717, 1.165) is 48.9 Å². The van der Waals surface area contributed by atoms with E-state index in [1.807, 2.05) is 24.3 Å². The smallest absolute Gasteiger partial charge is 0.251 e. The highest BCUT2D eigenvalue weighted by Crippen LogP contribution is 2.32. The standard InChI is InChI=1S/C26H30N6O/c1-3-31-10-9-23-21(15-31)20-12-18(7-8-22(20)32(23)4-2)26(33)29-14-16-5-6-17-13-24(27)30-25(28)19(17)11-16/h5-8,11-13H,3-4,9-10,14-15H2,1-2H3,(H,29,33)(H4,27,28,30). The molecule has 2 aromatic heterocycles. The van der Waals surface area contributed by atoms with Crippen LogP contribution in [0, 0.1) is 0 Å². The van der Waals surface area contributed by atoms with Gasteiger partial charge in [0.1, 0.15) is 11.6 Å². The van der Waals surface area contributed by atoms with Gasteiger partial charge in [0.05, 0.1) is 0 Å². The molecule has 0 bridgehead atoms. The molecule has 0 spiro atoms. The van der Waals surface area contributed by atoms with E-state index in [1.165, 1.54) is 22.2 Å². The largest absolute Gasteiger partial charge is 0.384 e. The van der Waals surface area contributed by atoms with Crippen molar-refractivity contribution in [3.63, 3.8) is 0 Å². The lowest BCUT2D eigenvalue weighted by Crippen LogP contribution is -2.30. The fourth-order valence-corrected chi connectivity index (χ4v) is 5.01. The van der Waals surface area contributed by atoms with Gasteiger partial charge in [-0.2, -0.15) is 0 Å². The topological polar surface area (TPSA) is 102 Å². The average Bonchev–Trinajstić information content (AvgIpc) is 3.14. The van der Waals surface area contributed by atoms with Gasteiger partial charge in [-0.3, -0.25) is 9.69 Å². The molecule has 33 heavy (non-hydrogen) atoms. The molecule has 1 amide bonds. The first-order chi connectivity index (χ1) is 16.0. The van der Waals surface area contributed by atoms with Gasteiger partial charge in [0, 0.05) is 60.1 Å². The Kier molecular flexibility index (Phi) is 5.42. The highest BCUT2D eigenvalue weighted by Gasteiger charge is 2.23. The van der Waals surface area contributed by atoms with Gasteiger partial charge >= 0.3 is 0 Å². The molecule has 7 heteroatoms. The Morgan fingerprint density at radius 2 is 1.91 bits per heavy atom. The molecule has 4 aromatic rings. The minimum atomic E-state index is -0.0819. The van der Waals surface area contributed by atoms with Crippen molar-refractivity contribution in [3.8, 4) is 0 Å². The van der Waals surface area contributed by atoms with Crippen LogP contribution in [0.1, 0.15) is 41.0 Å². The molecule has 0 aliphatic carbocycles. The number of amides is 1. The molecule has 170 valence electrons. The van der Waals surface area contributed by atoms with Crippen LogP contribution in [0.25, 0.3) is 21.7 Å². The molecule has 0 fully saturated rings. The van der Waals surface area contributed by atoms with Gasteiger partial charge < -0.3 is 21.4 Å². The summed E-state index contributed by atoms with van der Waals surface area (Å²) in [5, 5.41) is 6.02. The molecule has 1 aliphatic rings. The maximum absolute atomic E-state index is 13.0. The van der Waals surface area contributed by atoms with E-state index in [9.17, 15) is 4.79 Å². The number of carbonyl (C=O) groups excluding carboxylic acids is 1. The lowest BCUT2D eigenvalue weighted by atomic mass is 10.0. The number of benzene rings is 2. The normalized spacial score (nSPS) is 14.0. The van der Waals surface area contributed by atoms with Crippen LogP contribution in [-0.2, 0) is 26.1 Å². The van der Waals surface area contributed by atoms with Gasteiger partial charge in [-0.15, -0.1) is 0 Å². The van der Waals surface area contributed by atoms with E-state index in [4.69, 9.17) is 11.5 Å². The minimum Gasteiger partial charge on any atom is -0.384 e. The quantitative estimate of drug-likeness (QED) is 0.438. The van der Waals surface area contributed by atoms with Crippen LogP contribution in [0.15, 0.2) is 42.5 Å². The fourth-order valence-electron chi connectivity index (χ4n) is 5.01. The van der Waals surface area contributed by atoms with Crippen molar-refractivity contribution in [1.82, 2.24) is 19.8 Å². The number of carbonyl (C=O) groups is 1. The predicted octanol–water partition coefficient (Wildman–Crippen LogP) is 3.68. The number of nitrogen functional groups attached to an aromatic ring is 2. The number of fused-ring (bicyclic) bond motifs is 4. The van der Waals surface area contributed by atoms with Crippen molar-refractivity contribution in [1.29, 1.82) is 0 Å². The molecular weight excluding hydrogens is 412 g/mol. The molecule has 7 nitrogen and oxygen atoms in total. The van der Waals surface area contributed by atoms with Crippen LogP contribution >= 0.6 is 0 Å². The first-order valence-electron chi connectivity index (χ1n) is 11.6. The van der Waals surface area contributed by atoms with Crippen molar-refractivity contribution in [2.24, 2.45) is 0 Å². The summed E-state index contributed by atoms with van der Waals surface area (Å²) in [4.78, 5) is 19.6. The lowest BCUT2D eigenvalue weighted by molar-refractivity contribution is 0.0951. The SMILES string of the molecule is CCN1CCc2c(c3cc(C(=O)NCc4ccc5cc(N)nc(N)c5c4)ccc3n2CC)C1. The van der Waals surface area contributed by atoms with Gasteiger partial charge in [0.2, 0.25) is 0 Å². The maximum Gasteiger partial charge on any atom is 0.251 e. The van der Waals surface area contributed by atoms with E-state index >= 15 is 0 Å². The first kappa shape index (κ1) is 21.3. The van der Waals surface area contributed by atoms with Gasteiger partial charge in [0.15, 0.2) is 0 Å². The highest BCUT2D eigenvalue weighted by molar-refractivity contribution is 5.99. The fraction of sp³-hybridized carbons (Fsp3) is 0.308. The molecule has 5 rings (SSSR count). The number of hydrogen-bond acceptors (Lipinski definition) is 5. The second-order valence-electron chi connectivity index (χ2n) is 8.69. The van der Waals surface area contributed by atoms with Crippen molar-refractivity contribution >= 4 is 39.2 Å². The number of anilines is 2. The predicted molar refractivity (Wildman–Crippen MR) is 134 cm³/mol. The third-order valence-corrected chi connectivity index (χ3v) is 6.76. The summed E-state index contributed by atoms with van der Waals surface area (Å²) in [5.74, 6) is 0.717. The van der Waals surface area contributed by atoms with Gasteiger partial charge in [-0.05, 0) is 60.3 Å². The second kappa shape index (κ2) is 8.41. The molecule has 0 saturated heterocycles. The highest BCUT2D eigenvalue weighted by atomic mass is 16.1. The molecule has 0 saturated carbocycles. The van der Waals surface area contributed by atoms with Crippen molar-refractivity contribution in [2.75, 3.05) is 24.6 Å². The summed E-state index contributed by atoms with van der Waals surface area (Å²) in [6, 6.07) is 13.8. The van der Waals surface area contributed by atoms with Crippen molar-refractivity contribution in [2.45, 2.75) is 39.9 Å². The number of rotatable bonds is 5. The van der Waals surface area contributed by atoms with E-state index in [1.54, 1.807) is 6.07 Å². The minimum absolute atomic E-state index is 0.0819. The summed E-state index contributed by atoms with van der Waals surface area (Å²) >= 11 is 0. The molecule has 2 aromatic carbocycles. The number of nitrogens with zero attached hydrogens (tertiary/aromatic N) is 3. The Balaban J connectivity index is 1.40. The zero-order valence-corrected chi connectivity index (χ0v) is 19.2. The van der Waals surface area contributed by atoms with Crippen LogP contribution < -0.4 is 16.8 Å². The number of hydrogen-bond donors (Lipinski definition) is 3. The van der Waals surface area contributed by atoms with Crippen LogP contribution in [0.4, 0.5) is 11.6 Å². The Bertz CT molecular complexity index is 1370. The molecule has 3 heterocycles. The number of pyridine rings is 1.